The summed E-state index contributed by atoms with van der Waals surface area (Å²) in [6.45, 7) is 4.60. The summed E-state index contributed by atoms with van der Waals surface area (Å²) in [6.07, 6.45) is 0. The van der Waals surface area contributed by atoms with Crippen molar-refractivity contribution in [1.82, 2.24) is 10.6 Å². The van der Waals surface area contributed by atoms with Crippen LogP contribution in [0.1, 0.15) is 5.56 Å². The molecule has 0 aromatic heterocycles. The Morgan fingerprint density at radius 1 is 1.00 bits per heavy atom. The van der Waals surface area contributed by atoms with Gasteiger partial charge in [-0.15, -0.1) is 0 Å². The number of ether oxygens (including phenoxy) is 1. The molecular formula is C12H20N2O. The molecule has 0 saturated heterocycles. The van der Waals surface area contributed by atoms with Gasteiger partial charge in [-0.3, -0.25) is 0 Å². The molecule has 2 N–H and O–H groups in total. The molecule has 0 aliphatic carbocycles. The zero-order valence-electron chi connectivity index (χ0n) is 9.33. The van der Waals surface area contributed by atoms with Crippen molar-refractivity contribution in [3.63, 3.8) is 0 Å². The lowest BCUT2D eigenvalue weighted by Crippen LogP contribution is -2.29. The first kappa shape index (κ1) is 12.2. The highest BCUT2D eigenvalue weighted by atomic mass is 16.5. The molecule has 0 radical (unpaired) electrons. The lowest BCUT2D eigenvalue weighted by molar-refractivity contribution is 0.199. The molecule has 3 heteroatoms. The highest BCUT2D eigenvalue weighted by Gasteiger charge is 1.90. The van der Waals surface area contributed by atoms with E-state index in [-0.39, 0.29) is 0 Å². The third-order valence-corrected chi connectivity index (χ3v) is 2.13. The second kappa shape index (κ2) is 8.41. The maximum absolute atomic E-state index is 4.93. The fourth-order valence-electron chi connectivity index (χ4n) is 1.30. The van der Waals surface area contributed by atoms with Crippen molar-refractivity contribution >= 4 is 0 Å². The molecule has 0 heterocycles. The Morgan fingerprint density at radius 2 is 1.73 bits per heavy atom. The minimum absolute atomic E-state index is 0.776. The van der Waals surface area contributed by atoms with Gasteiger partial charge >= 0.3 is 0 Å². The van der Waals surface area contributed by atoms with E-state index < -0.39 is 0 Å². The van der Waals surface area contributed by atoms with Gasteiger partial charge in [-0.05, 0) is 5.56 Å². The maximum atomic E-state index is 4.93. The first-order valence-corrected chi connectivity index (χ1v) is 5.38. The van der Waals surface area contributed by atoms with Crippen LogP contribution in [0.25, 0.3) is 0 Å². The summed E-state index contributed by atoms with van der Waals surface area (Å²) < 4.78 is 4.93. The van der Waals surface area contributed by atoms with E-state index in [1.54, 1.807) is 7.11 Å². The van der Waals surface area contributed by atoms with Crippen LogP contribution in [0.3, 0.4) is 0 Å². The summed E-state index contributed by atoms with van der Waals surface area (Å²) in [5.41, 5.74) is 1.33. The smallest absolute Gasteiger partial charge is 0.0587 e. The molecule has 0 aliphatic rings. The Bertz CT molecular complexity index is 239. The van der Waals surface area contributed by atoms with Gasteiger partial charge in [0.1, 0.15) is 0 Å². The van der Waals surface area contributed by atoms with Crippen molar-refractivity contribution in [2.75, 3.05) is 33.4 Å². The number of hydrogen-bond donors (Lipinski definition) is 2. The van der Waals surface area contributed by atoms with Gasteiger partial charge in [0.15, 0.2) is 0 Å². The van der Waals surface area contributed by atoms with Gasteiger partial charge in [0.25, 0.3) is 0 Å². The van der Waals surface area contributed by atoms with Gasteiger partial charge in [0.05, 0.1) is 6.61 Å². The van der Waals surface area contributed by atoms with E-state index in [1.807, 2.05) is 6.07 Å². The lowest BCUT2D eigenvalue weighted by atomic mass is 10.2. The van der Waals surface area contributed by atoms with E-state index in [9.17, 15) is 0 Å². The van der Waals surface area contributed by atoms with Crippen LogP contribution in [0.2, 0.25) is 0 Å². The highest BCUT2D eigenvalue weighted by molar-refractivity contribution is 5.14. The lowest BCUT2D eigenvalue weighted by Gasteiger charge is -2.06. The minimum Gasteiger partial charge on any atom is -0.383 e. The first-order chi connectivity index (χ1) is 7.43. The maximum Gasteiger partial charge on any atom is 0.0587 e. The number of nitrogens with one attached hydrogen (secondary N) is 2. The zero-order chi connectivity index (χ0) is 10.8. The molecule has 0 fully saturated rings. The fraction of sp³-hybridized carbons (Fsp3) is 0.500. The van der Waals surface area contributed by atoms with Crippen LogP contribution < -0.4 is 10.6 Å². The van der Waals surface area contributed by atoms with Gasteiger partial charge in [-0.2, -0.15) is 0 Å². The van der Waals surface area contributed by atoms with E-state index in [2.05, 4.69) is 34.9 Å². The number of rotatable bonds is 8. The van der Waals surface area contributed by atoms with Crippen molar-refractivity contribution < 1.29 is 4.74 Å². The van der Waals surface area contributed by atoms with Crippen molar-refractivity contribution in [2.24, 2.45) is 0 Å². The largest absolute Gasteiger partial charge is 0.383 e. The van der Waals surface area contributed by atoms with Crippen LogP contribution in [0.5, 0.6) is 0 Å². The van der Waals surface area contributed by atoms with Crippen LogP contribution in [-0.4, -0.2) is 33.4 Å². The van der Waals surface area contributed by atoms with E-state index in [0.717, 1.165) is 32.8 Å². The molecule has 0 bridgehead atoms. The summed E-state index contributed by atoms with van der Waals surface area (Å²) in [5.74, 6) is 0. The van der Waals surface area contributed by atoms with Gasteiger partial charge in [0.2, 0.25) is 0 Å². The van der Waals surface area contributed by atoms with E-state index >= 15 is 0 Å². The van der Waals surface area contributed by atoms with Gasteiger partial charge in [-0.1, -0.05) is 30.3 Å². The molecule has 0 atom stereocenters. The molecule has 84 valence electrons. The van der Waals surface area contributed by atoms with Crippen LogP contribution >= 0.6 is 0 Å². The van der Waals surface area contributed by atoms with Crippen LogP contribution in [0.15, 0.2) is 30.3 Å². The molecule has 3 nitrogen and oxygen atoms in total. The molecule has 0 spiro atoms. The van der Waals surface area contributed by atoms with Gasteiger partial charge in [-0.25, -0.2) is 0 Å². The summed E-state index contributed by atoms with van der Waals surface area (Å²) >= 11 is 0. The second-order valence-corrected chi connectivity index (χ2v) is 3.41. The van der Waals surface area contributed by atoms with Gasteiger partial charge in [0, 0.05) is 33.3 Å². The molecule has 1 rings (SSSR count). The Hall–Kier alpha value is -0.900. The Kier molecular flexibility index (Phi) is 6.83. The Morgan fingerprint density at radius 3 is 2.47 bits per heavy atom. The normalized spacial score (nSPS) is 10.5. The highest BCUT2D eigenvalue weighted by Crippen LogP contribution is 1.96. The van der Waals surface area contributed by atoms with Crippen molar-refractivity contribution in [1.29, 1.82) is 0 Å². The van der Waals surface area contributed by atoms with Crippen LogP contribution in [0, 0.1) is 0 Å². The fourth-order valence-corrected chi connectivity index (χ4v) is 1.30. The predicted octanol–water partition coefficient (Wildman–Crippen LogP) is 1.01. The summed E-state index contributed by atoms with van der Waals surface area (Å²) in [5, 5.41) is 6.66. The Balaban J connectivity index is 1.93. The summed E-state index contributed by atoms with van der Waals surface area (Å²) in [4.78, 5) is 0. The molecule has 1 aromatic carbocycles. The van der Waals surface area contributed by atoms with E-state index in [1.165, 1.54) is 5.56 Å². The van der Waals surface area contributed by atoms with Crippen LogP contribution in [-0.2, 0) is 11.3 Å². The number of benzene rings is 1. The monoisotopic (exact) mass is 208 g/mol. The quantitative estimate of drug-likeness (QED) is 0.626. The number of methoxy groups -OCH3 is 1. The van der Waals surface area contributed by atoms with Gasteiger partial charge < -0.3 is 15.4 Å². The molecule has 0 amide bonds. The average Bonchev–Trinajstić information content (AvgIpc) is 2.29. The Labute approximate surface area is 91.8 Å². The topological polar surface area (TPSA) is 33.3 Å². The van der Waals surface area contributed by atoms with Crippen molar-refractivity contribution in [3.05, 3.63) is 35.9 Å². The number of hydrogen-bond acceptors (Lipinski definition) is 3. The third-order valence-electron chi connectivity index (χ3n) is 2.13. The second-order valence-electron chi connectivity index (χ2n) is 3.41. The predicted molar refractivity (Wildman–Crippen MR) is 62.9 cm³/mol. The van der Waals surface area contributed by atoms with Crippen LogP contribution in [0.4, 0.5) is 0 Å². The molecule has 0 aliphatic heterocycles. The average molecular weight is 208 g/mol. The molecule has 15 heavy (non-hydrogen) atoms. The molecule has 1 aromatic rings. The van der Waals surface area contributed by atoms with E-state index in [4.69, 9.17) is 4.74 Å². The zero-order valence-corrected chi connectivity index (χ0v) is 9.33. The molecule has 0 saturated carbocycles. The SMILES string of the molecule is COCCNCCNCc1ccccc1. The molecule has 0 unspecified atom stereocenters. The molecular weight excluding hydrogens is 188 g/mol. The first-order valence-electron chi connectivity index (χ1n) is 5.38. The summed E-state index contributed by atoms with van der Waals surface area (Å²) in [7, 11) is 1.72. The minimum atomic E-state index is 0.776. The van der Waals surface area contributed by atoms with Crippen molar-refractivity contribution in [2.45, 2.75) is 6.54 Å². The van der Waals surface area contributed by atoms with Crippen molar-refractivity contribution in [3.8, 4) is 0 Å². The third kappa shape index (κ3) is 6.23. The van der Waals surface area contributed by atoms with E-state index in [0.29, 0.717) is 0 Å². The standard InChI is InChI=1S/C12H20N2O/c1-15-10-9-13-7-8-14-11-12-5-3-2-4-6-12/h2-6,13-14H,7-11H2,1H3. The summed E-state index contributed by atoms with van der Waals surface area (Å²) in [6, 6.07) is 10.4.